The molecule has 9 nitrogen and oxygen atoms in total. The van der Waals surface area contributed by atoms with Gasteiger partial charge in [0, 0.05) is 12.2 Å². The predicted octanol–water partition coefficient (Wildman–Crippen LogP) is 1.26. The molecule has 1 aliphatic rings. The van der Waals surface area contributed by atoms with E-state index in [-0.39, 0.29) is 30.6 Å². The summed E-state index contributed by atoms with van der Waals surface area (Å²) in [5, 5.41) is 12.1. The van der Waals surface area contributed by atoms with Crippen molar-refractivity contribution >= 4 is 29.7 Å². The van der Waals surface area contributed by atoms with E-state index < -0.39 is 11.9 Å². The van der Waals surface area contributed by atoms with Crippen LogP contribution in [0.2, 0.25) is 0 Å². The number of hydrogen-bond donors (Lipinski definition) is 2. The van der Waals surface area contributed by atoms with Crippen molar-refractivity contribution in [1.29, 1.82) is 5.26 Å². The topological polar surface area (TPSA) is 137 Å². The summed E-state index contributed by atoms with van der Waals surface area (Å²) in [4.78, 5) is 46.0. The van der Waals surface area contributed by atoms with E-state index >= 15 is 0 Å². The van der Waals surface area contributed by atoms with Gasteiger partial charge in [-0.05, 0) is 38.6 Å². The standard InChI is InChI=1S/C16H20N4O2.C4H10.C2H3NO2/c1-19(2)11-15(21)20-10-12(8-14(20)9-17)16(22)18-13-6-4-3-5-7-13;1-4(2)3;3-2(5)1-4/h3-7,12,14H,8,10-11H2,1-2H3,(H,18,22);4H,1-3H3;1H,(H2,3,5). The minimum Gasteiger partial charge on any atom is -0.363 e. The van der Waals surface area contributed by atoms with E-state index in [2.05, 4.69) is 37.9 Å². The van der Waals surface area contributed by atoms with Crippen molar-refractivity contribution in [2.45, 2.75) is 33.2 Å². The number of aldehydes is 1. The zero-order valence-electron chi connectivity index (χ0n) is 18.9. The molecular formula is C22H33N5O4. The minimum absolute atomic E-state index is 0.0556. The van der Waals surface area contributed by atoms with Crippen LogP contribution < -0.4 is 11.1 Å². The zero-order valence-corrected chi connectivity index (χ0v) is 18.9. The third kappa shape index (κ3) is 12.1. The quantitative estimate of drug-likeness (QED) is 0.532. The highest BCUT2D eigenvalue weighted by Gasteiger charge is 2.38. The first kappa shape index (κ1) is 27.8. The molecule has 0 aliphatic carbocycles. The summed E-state index contributed by atoms with van der Waals surface area (Å²) in [5.41, 5.74) is 5.01. The fourth-order valence-electron chi connectivity index (χ4n) is 2.55. The second-order valence-electron chi connectivity index (χ2n) is 7.97. The van der Waals surface area contributed by atoms with Crippen molar-refractivity contribution in [3.63, 3.8) is 0 Å². The maximum atomic E-state index is 12.3. The number of likely N-dealkylation sites (tertiary alicyclic amines) is 1. The van der Waals surface area contributed by atoms with E-state index in [1.807, 2.05) is 30.3 Å². The van der Waals surface area contributed by atoms with Crippen LogP contribution in [0.3, 0.4) is 0 Å². The van der Waals surface area contributed by atoms with Gasteiger partial charge < -0.3 is 20.9 Å². The smallest absolute Gasteiger partial charge is 0.281 e. The van der Waals surface area contributed by atoms with Gasteiger partial charge in [0.1, 0.15) is 6.04 Å². The van der Waals surface area contributed by atoms with Gasteiger partial charge in [0.15, 0.2) is 0 Å². The largest absolute Gasteiger partial charge is 0.363 e. The molecule has 0 bridgehead atoms. The molecule has 0 spiro atoms. The second kappa shape index (κ2) is 14.7. The second-order valence-corrected chi connectivity index (χ2v) is 7.97. The number of amides is 3. The SMILES string of the molecule is CC(C)C.CN(C)CC(=O)N1CC(C(=O)Nc2ccccc2)CC1C#N.NC(=O)C=O. The number of likely N-dealkylation sites (N-methyl/N-ethyl adjacent to an activating group) is 1. The zero-order chi connectivity index (χ0) is 24.0. The summed E-state index contributed by atoms with van der Waals surface area (Å²) in [6.45, 7) is 7.04. The van der Waals surface area contributed by atoms with E-state index in [0.717, 1.165) is 11.6 Å². The predicted molar refractivity (Wildman–Crippen MR) is 119 cm³/mol. The molecule has 1 saturated heterocycles. The van der Waals surface area contributed by atoms with Crippen LogP contribution >= 0.6 is 0 Å². The van der Waals surface area contributed by atoms with Gasteiger partial charge in [-0.1, -0.05) is 39.0 Å². The van der Waals surface area contributed by atoms with Gasteiger partial charge >= 0.3 is 0 Å². The number of hydrogen-bond acceptors (Lipinski definition) is 6. The average Bonchev–Trinajstić information content (AvgIpc) is 3.13. The number of rotatable bonds is 5. The monoisotopic (exact) mass is 431 g/mol. The molecule has 0 aromatic heterocycles. The van der Waals surface area contributed by atoms with Crippen molar-refractivity contribution in [2.75, 3.05) is 32.5 Å². The number of nitrogens with one attached hydrogen (secondary N) is 1. The fourth-order valence-corrected chi connectivity index (χ4v) is 2.55. The Kier molecular flexibility index (Phi) is 13.1. The number of carbonyl (C=O) groups is 4. The van der Waals surface area contributed by atoms with Gasteiger partial charge in [-0.2, -0.15) is 5.26 Å². The Morgan fingerprint density at radius 3 is 2.19 bits per heavy atom. The van der Waals surface area contributed by atoms with Gasteiger partial charge in [-0.15, -0.1) is 0 Å². The fraction of sp³-hybridized carbons (Fsp3) is 0.500. The summed E-state index contributed by atoms with van der Waals surface area (Å²) in [7, 11) is 3.60. The minimum atomic E-state index is -0.926. The van der Waals surface area contributed by atoms with E-state index in [4.69, 9.17) is 4.79 Å². The van der Waals surface area contributed by atoms with E-state index in [9.17, 15) is 19.6 Å². The normalized spacial score (nSPS) is 16.9. The number of nitriles is 1. The molecular weight excluding hydrogens is 398 g/mol. The lowest BCUT2D eigenvalue weighted by Crippen LogP contribution is -2.40. The molecule has 2 rings (SSSR count). The van der Waals surface area contributed by atoms with E-state index in [0.29, 0.717) is 13.0 Å². The Labute approximate surface area is 184 Å². The third-order valence-corrected chi connectivity index (χ3v) is 3.75. The Bertz CT molecular complexity index is 756. The van der Waals surface area contributed by atoms with Crippen molar-refractivity contribution in [1.82, 2.24) is 9.80 Å². The van der Waals surface area contributed by atoms with Gasteiger partial charge in [0.05, 0.1) is 18.5 Å². The van der Waals surface area contributed by atoms with E-state index in [1.165, 1.54) is 4.90 Å². The first-order valence-corrected chi connectivity index (χ1v) is 9.96. The van der Waals surface area contributed by atoms with Gasteiger partial charge in [-0.3, -0.25) is 19.2 Å². The molecule has 1 aliphatic heterocycles. The highest BCUT2D eigenvalue weighted by molar-refractivity contribution is 6.22. The highest BCUT2D eigenvalue weighted by Crippen LogP contribution is 2.24. The van der Waals surface area contributed by atoms with Crippen LogP contribution in [0.1, 0.15) is 27.2 Å². The molecule has 2 atom stereocenters. The lowest BCUT2D eigenvalue weighted by atomic mass is 10.1. The number of primary amides is 1. The van der Waals surface area contributed by atoms with Crippen molar-refractivity contribution in [3.8, 4) is 6.07 Å². The van der Waals surface area contributed by atoms with Crippen molar-refractivity contribution in [2.24, 2.45) is 17.6 Å². The van der Waals surface area contributed by atoms with Crippen LogP contribution in [-0.2, 0) is 19.2 Å². The molecule has 3 N–H and O–H groups in total. The first-order valence-electron chi connectivity index (χ1n) is 9.96. The molecule has 9 heteroatoms. The number of nitrogens with two attached hydrogens (primary N) is 1. The van der Waals surface area contributed by atoms with Crippen LogP contribution in [0, 0.1) is 23.2 Å². The lowest BCUT2D eigenvalue weighted by Gasteiger charge is -2.21. The van der Waals surface area contributed by atoms with Crippen LogP contribution in [0.15, 0.2) is 30.3 Å². The summed E-state index contributed by atoms with van der Waals surface area (Å²) in [6.07, 6.45) is 0.439. The molecule has 1 aromatic rings. The molecule has 3 amide bonds. The van der Waals surface area contributed by atoms with Gasteiger partial charge in [0.2, 0.25) is 18.1 Å². The molecule has 0 saturated carbocycles. The summed E-state index contributed by atoms with van der Waals surface area (Å²) in [6, 6.07) is 10.8. The Morgan fingerprint density at radius 1 is 1.26 bits per heavy atom. The number of nitrogens with zero attached hydrogens (tertiary/aromatic N) is 3. The van der Waals surface area contributed by atoms with Gasteiger partial charge in [0.25, 0.3) is 5.91 Å². The molecule has 1 heterocycles. The maximum Gasteiger partial charge on any atom is 0.281 e. The van der Waals surface area contributed by atoms with Crippen molar-refractivity contribution in [3.05, 3.63) is 30.3 Å². The molecule has 0 radical (unpaired) electrons. The Balaban J connectivity index is 0.000000846. The molecule has 1 aromatic carbocycles. The highest BCUT2D eigenvalue weighted by atomic mass is 16.2. The summed E-state index contributed by atoms with van der Waals surface area (Å²) < 4.78 is 0. The Morgan fingerprint density at radius 2 is 1.77 bits per heavy atom. The number of anilines is 1. The molecule has 170 valence electrons. The molecule has 31 heavy (non-hydrogen) atoms. The number of para-hydroxylation sites is 1. The van der Waals surface area contributed by atoms with Crippen molar-refractivity contribution < 1.29 is 19.2 Å². The van der Waals surface area contributed by atoms with Crippen LogP contribution in [0.4, 0.5) is 5.69 Å². The van der Waals surface area contributed by atoms with Crippen LogP contribution in [-0.4, -0.2) is 67.0 Å². The average molecular weight is 432 g/mol. The number of benzene rings is 1. The van der Waals surface area contributed by atoms with Crippen LogP contribution in [0.5, 0.6) is 0 Å². The molecule has 1 fully saturated rings. The molecule has 2 unspecified atom stereocenters. The van der Waals surface area contributed by atoms with Gasteiger partial charge in [-0.25, -0.2) is 0 Å². The third-order valence-electron chi connectivity index (χ3n) is 3.75. The van der Waals surface area contributed by atoms with E-state index in [1.54, 1.807) is 19.0 Å². The maximum absolute atomic E-state index is 12.3. The van der Waals surface area contributed by atoms with Crippen LogP contribution in [0.25, 0.3) is 0 Å². The number of carbonyl (C=O) groups excluding carboxylic acids is 4. The summed E-state index contributed by atoms with van der Waals surface area (Å²) in [5.74, 6) is -0.709. The Hall–Kier alpha value is -3.25. The first-order chi connectivity index (χ1) is 14.5. The lowest BCUT2D eigenvalue weighted by molar-refractivity contribution is -0.132. The summed E-state index contributed by atoms with van der Waals surface area (Å²) >= 11 is 0.